The zero-order valence-corrected chi connectivity index (χ0v) is 9.67. The summed E-state index contributed by atoms with van der Waals surface area (Å²) < 4.78 is 0. The van der Waals surface area contributed by atoms with Crippen LogP contribution in [0.1, 0.15) is 20.8 Å². The van der Waals surface area contributed by atoms with Crippen molar-refractivity contribution in [1.29, 1.82) is 0 Å². The number of Topliss-reactive ketones (excluding diaryl/α,β-unsaturated/α-hetero) is 1. The second-order valence-electron chi connectivity index (χ2n) is 3.51. The van der Waals surface area contributed by atoms with Crippen molar-refractivity contribution in [3.8, 4) is 0 Å². The number of thiophene rings is 1. The van der Waals surface area contributed by atoms with E-state index < -0.39 is 0 Å². The lowest BCUT2D eigenvalue weighted by Crippen LogP contribution is -2.01. The maximum Gasteiger partial charge on any atom is 0.168 e. The van der Waals surface area contributed by atoms with E-state index in [-0.39, 0.29) is 5.78 Å². The average Bonchev–Trinajstić information content (AvgIpc) is 2.82. The van der Waals surface area contributed by atoms with Gasteiger partial charge in [0.1, 0.15) is 0 Å². The summed E-state index contributed by atoms with van der Waals surface area (Å²) in [6, 6.07) is 11.5. The molecule has 0 spiro atoms. The lowest BCUT2D eigenvalue weighted by atomic mass is 10.1. The zero-order chi connectivity index (χ0) is 11.4. The van der Waals surface area contributed by atoms with Crippen LogP contribution in [0.15, 0.2) is 48.4 Å². The van der Waals surface area contributed by atoms with Crippen LogP contribution in [0.5, 0.6) is 0 Å². The quantitative estimate of drug-likeness (QED) is 0.727. The lowest BCUT2D eigenvalue weighted by Gasteiger charge is -2.00. The zero-order valence-electron chi connectivity index (χ0n) is 8.85. The third kappa shape index (κ3) is 2.47. The summed E-state index contributed by atoms with van der Waals surface area (Å²) >= 11 is 1.62. The van der Waals surface area contributed by atoms with Crippen molar-refractivity contribution in [1.82, 2.24) is 0 Å². The summed E-state index contributed by atoms with van der Waals surface area (Å²) in [5, 5.41) is 1.99. The van der Waals surface area contributed by atoms with Crippen molar-refractivity contribution in [2.45, 2.75) is 6.42 Å². The molecule has 2 rings (SSSR count). The van der Waals surface area contributed by atoms with E-state index in [0.717, 1.165) is 16.0 Å². The fourth-order valence-corrected chi connectivity index (χ4v) is 2.18. The molecule has 1 nitrogen and oxygen atoms in total. The highest BCUT2D eigenvalue weighted by Gasteiger charge is 2.06. The van der Waals surface area contributed by atoms with Crippen molar-refractivity contribution in [3.05, 3.63) is 64.4 Å². The minimum Gasteiger partial charge on any atom is -0.294 e. The summed E-state index contributed by atoms with van der Waals surface area (Å²) in [6.45, 7) is 3.68. The average molecular weight is 228 g/mol. The Morgan fingerprint density at radius 2 is 2.00 bits per heavy atom. The number of ketones is 1. The Hall–Kier alpha value is -1.67. The van der Waals surface area contributed by atoms with Crippen molar-refractivity contribution >= 4 is 23.2 Å². The van der Waals surface area contributed by atoms with E-state index >= 15 is 0 Å². The molecule has 0 atom stereocenters. The van der Waals surface area contributed by atoms with Crippen LogP contribution < -0.4 is 0 Å². The van der Waals surface area contributed by atoms with Crippen LogP contribution in [0.2, 0.25) is 0 Å². The highest BCUT2D eigenvalue weighted by atomic mass is 32.1. The minimum absolute atomic E-state index is 0.165. The van der Waals surface area contributed by atoms with Gasteiger partial charge in [-0.25, -0.2) is 0 Å². The molecule has 16 heavy (non-hydrogen) atoms. The standard InChI is InChI=1S/C14H12OS/c1-2-11-5-7-12(8-6-11)14(15)10-13-4-3-9-16-13/h2-9H,1,10H2. The highest BCUT2D eigenvalue weighted by Crippen LogP contribution is 2.13. The molecule has 2 aromatic rings. The number of hydrogen-bond donors (Lipinski definition) is 0. The van der Waals surface area contributed by atoms with E-state index in [4.69, 9.17) is 0 Å². The second-order valence-corrected chi connectivity index (χ2v) is 4.54. The molecule has 0 N–H and O–H groups in total. The molecule has 2 heteroatoms. The van der Waals surface area contributed by atoms with E-state index in [9.17, 15) is 4.79 Å². The van der Waals surface area contributed by atoms with E-state index in [1.165, 1.54) is 0 Å². The van der Waals surface area contributed by atoms with Crippen LogP contribution in [0.4, 0.5) is 0 Å². The Balaban J connectivity index is 2.11. The first-order chi connectivity index (χ1) is 7.79. The van der Waals surface area contributed by atoms with Crippen LogP contribution in [0.3, 0.4) is 0 Å². The van der Waals surface area contributed by atoms with Gasteiger partial charge in [0.05, 0.1) is 0 Å². The van der Waals surface area contributed by atoms with E-state index in [1.807, 2.05) is 41.8 Å². The molecule has 0 aliphatic rings. The molecule has 0 saturated heterocycles. The second kappa shape index (κ2) is 4.90. The molecule has 1 heterocycles. The molecule has 80 valence electrons. The number of rotatable bonds is 4. The third-order valence-corrected chi connectivity index (χ3v) is 3.26. The minimum atomic E-state index is 0.165. The number of carbonyl (C=O) groups excluding carboxylic acids is 1. The van der Waals surface area contributed by atoms with Crippen molar-refractivity contribution in [2.75, 3.05) is 0 Å². The van der Waals surface area contributed by atoms with Gasteiger partial charge >= 0.3 is 0 Å². The van der Waals surface area contributed by atoms with Crippen LogP contribution in [0, 0.1) is 0 Å². The predicted octanol–water partition coefficient (Wildman–Crippen LogP) is 3.82. The first-order valence-corrected chi connectivity index (χ1v) is 5.95. The van der Waals surface area contributed by atoms with Crippen LogP contribution in [-0.2, 0) is 6.42 Å². The fourth-order valence-electron chi connectivity index (χ4n) is 1.48. The first kappa shape index (κ1) is 10.8. The van der Waals surface area contributed by atoms with Gasteiger partial charge in [0, 0.05) is 16.9 Å². The van der Waals surface area contributed by atoms with E-state index in [2.05, 4.69) is 6.58 Å². The summed E-state index contributed by atoms with van der Waals surface area (Å²) in [4.78, 5) is 13.0. The molecule has 0 fully saturated rings. The summed E-state index contributed by atoms with van der Waals surface area (Å²) in [5.41, 5.74) is 1.80. The molecular weight excluding hydrogens is 216 g/mol. The van der Waals surface area contributed by atoms with Crippen molar-refractivity contribution in [3.63, 3.8) is 0 Å². The van der Waals surface area contributed by atoms with Gasteiger partial charge < -0.3 is 0 Å². The predicted molar refractivity (Wildman–Crippen MR) is 68.9 cm³/mol. The normalized spacial score (nSPS) is 10.0. The molecule has 0 bridgehead atoms. The van der Waals surface area contributed by atoms with Gasteiger partial charge in [0.15, 0.2) is 5.78 Å². The third-order valence-electron chi connectivity index (χ3n) is 2.38. The molecular formula is C14H12OS. The van der Waals surface area contributed by atoms with E-state index in [1.54, 1.807) is 17.4 Å². The van der Waals surface area contributed by atoms with Crippen LogP contribution in [-0.4, -0.2) is 5.78 Å². The molecule has 0 radical (unpaired) electrons. The monoisotopic (exact) mass is 228 g/mol. The Labute approximate surface area is 99.1 Å². The Morgan fingerprint density at radius 3 is 2.56 bits per heavy atom. The smallest absolute Gasteiger partial charge is 0.168 e. The summed E-state index contributed by atoms with van der Waals surface area (Å²) in [6.07, 6.45) is 2.26. The molecule has 0 unspecified atom stereocenters. The Bertz CT molecular complexity index is 480. The van der Waals surface area contributed by atoms with Gasteiger partial charge in [-0.3, -0.25) is 4.79 Å². The maximum absolute atomic E-state index is 11.9. The van der Waals surface area contributed by atoms with Crippen molar-refractivity contribution < 1.29 is 4.79 Å². The Morgan fingerprint density at radius 1 is 1.25 bits per heavy atom. The summed E-state index contributed by atoms with van der Waals surface area (Å²) in [5.74, 6) is 0.165. The van der Waals surface area contributed by atoms with Gasteiger partial charge in [-0.2, -0.15) is 0 Å². The molecule has 0 aliphatic carbocycles. The summed E-state index contributed by atoms with van der Waals surface area (Å²) in [7, 11) is 0. The van der Waals surface area contributed by atoms with E-state index in [0.29, 0.717) is 6.42 Å². The number of benzene rings is 1. The molecule has 0 aliphatic heterocycles. The van der Waals surface area contributed by atoms with Gasteiger partial charge in [-0.1, -0.05) is 43.0 Å². The lowest BCUT2D eigenvalue weighted by molar-refractivity contribution is 0.0994. The Kier molecular flexibility index (Phi) is 3.32. The fraction of sp³-hybridized carbons (Fsp3) is 0.0714. The van der Waals surface area contributed by atoms with Crippen LogP contribution in [0.25, 0.3) is 6.08 Å². The highest BCUT2D eigenvalue weighted by molar-refractivity contribution is 7.10. The number of carbonyl (C=O) groups is 1. The van der Waals surface area contributed by atoms with Gasteiger partial charge in [-0.15, -0.1) is 11.3 Å². The molecule has 0 amide bonds. The largest absolute Gasteiger partial charge is 0.294 e. The topological polar surface area (TPSA) is 17.1 Å². The molecule has 0 saturated carbocycles. The molecule has 1 aromatic heterocycles. The first-order valence-electron chi connectivity index (χ1n) is 5.07. The maximum atomic E-state index is 11.9. The van der Waals surface area contributed by atoms with Gasteiger partial charge in [0.25, 0.3) is 0 Å². The van der Waals surface area contributed by atoms with Gasteiger partial charge in [0.2, 0.25) is 0 Å². The number of hydrogen-bond acceptors (Lipinski definition) is 2. The van der Waals surface area contributed by atoms with Gasteiger partial charge in [-0.05, 0) is 17.0 Å². The SMILES string of the molecule is C=Cc1ccc(C(=O)Cc2cccs2)cc1. The van der Waals surface area contributed by atoms with Crippen molar-refractivity contribution in [2.24, 2.45) is 0 Å². The molecule has 1 aromatic carbocycles. The van der Waals surface area contributed by atoms with Crippen LogP contribution >= 0.6 is 11.3 Å².